The third-order valence-electron chi connectivity index (χ3n) is 2.79. The summed E-state index contributed by atoms with van der Waals surface area (Å²) >= 11 is 0. The summed E-state index contributed by atoms with van der Waals surface area (Å²) < 4.78 is 51.0. The molecule has 0 aliphatic heterocycles. The molecule has 0 atom stereocenters. The molecule has 0 radical (unpaired) electrons. The highest BCUT2D eigenvalue weighted by molar-refractivity contribution is 6.04. The van der Waals surface area contributed by atoms with E-state index in [1.165, 1.54) is 6.20 Å². The monoisotopic (exact) mass is 298 g/mol. The predicted molar refractivity (Wildman–Crippen MR) is 68.3 cm³/mol. The number of rotatable bonds is 2. The van der Waals surface area contributed by atoms with Crippen molar-refractivity contribution in [3.05, 3.63) is 59.2 Å². The Labute approximate surface area is 117 Å². The van der Waals surface area contributed by atoms with Gasteiger partial charge in [0.1, 0.15) is 5.82 Å². The number of carbonyl (C=O) groups excluding carboxylic acids is 1. The first-order chi connectivity index (χ1) is 9.79. The highest BCUT2D eigenvalue weighted by atomic mass is 19.4. The van der Waals surface area contributed by atoms with Crippen LogP contribution in [-0.4, -0.2) is 10.9 Å². The van der Waals surface area contributed by atoms with Crippen LogP contribution in [0.4, 0.5) is 23.2 Å². The van der Waals surface area contributed by atoms with Gasteiger partial charge in [0.2, 0.25) is 0 Å². The summed E-state index contributed by atoms with van der Waals surface area (Å²) in [6, 6.07) is 5.23. The summed E-state index contributed by atoms with van der Waals surface area (Å²) in [5, 5.41) is 2.43. The SMILES string of the molecule is Cc1ncccc1NC(=O)c1ccc(F)c(C(F)(F)F)c1. The number of benzene rings is 1. The van der Waals surface area contributed by atoms with E-state index in [1.54, 1.807) is 19.1 Å². The molecule has 1 aromatic carbocycles. The smallest absolute Gasteiger partial charge is 0.320 e. The Bertz CT molecular complexity index is 683. The van der Waals surface area contributed by atoms with Crippen LogP contribution in [0.1, 0.15) is 21.6 Å². The third-order valence-corrected chi connectivity index (χ3v) is 2.79. The van der Waals surface area contributed by atoms with E-state index in [4.69, 9.17) is 0 Å². The van der Waals surface area contributed by atoms with Gasteiger partial charge in [-0.05, 0) is 37.3 Å². The molecule has 1 heterocycles. The van der Waals surface area contributed by atoms with Crippen LogP contribution in [0.3, 0.4) is 0 Å². The van der Waals surface area contributed by atoms with E-state index in [-0.39, 0.29) is 5.56 Å². The summed E-state index contributed by atoms with van der Waals surface area (Å²) in [5.41, 5.74) is -0.866. The van der Waals surface area contributed by atoms with E-state index in [0.717, 1.165) is 6.07 Å². The molecule has 1 aromatic heterocycles. The van der Waals surface area contributed by atoms with E-state index < -0.39 is 23.5 Å². The predicted octanol–water partition coefficient (Wildman–Crippen LogP) is 3.80. The zero-order valence-corrected chi connectivity index (χ0v) is 10.8. The molecule has 1 amide bonds. The fraction of sp³-hybridized carbons (Fsp3) is 0.143. The van der Waals surface area contributed by atoms with E-state index in [1.807, 2.05) is 0 Å². The number of hydrogen-bond donors (Lipinski definition) is 1. The summed E-state index contributed by atoms with van der Waals surface area (Å²) in [5.74, 6) is -2.19. The Morgan fingerprint density at radius 1 is 1.24 bits per heavy atom. The fourth-order valence-corrected chi connectivity index (χ4v) is 1.69. The van der Waals surface area contributed by atoms with Crippen molar-refractivity contribution in [2.45, 2.75) is 13.1 Å². The number of nitrogens with one attached hydrogen (secondary N) is 1. The van der Waals surface area contributed by atoms with Crippen molar-refractivity contribution in [1.82, 2.24) is 4.98 Å². The Hall–Kier alpha value is -2.44. The van der Waals surface area contributed by atoms with Crippen LogP contribution in [0, 0.1) is 12.7 Å². The molecule has 2 rings (SSSR count). The molecule has 0 saturated heterocycles. The number of anilines is 1. The number of amides is 1. The first-order valence-corrected chi connectivity index (χ1v) is 5.89. The minimum absolute atomic E-state index is 0.285. The van der Waals surface area contributed by atoms with E-state index in [0.29, 0.717) is 23.5 Å². The Morgan fingerprint density at radius 2 is 1.95 bits per heavy atom. The topological polar surface area (TPSA) is 42.0 Å². The molecule has 1 N–H and O–H groups in total. The zero-order valence-electron chi connectivity index (χ0n) is 10.8. The molecule has 21 heavy (non-hydrogen) atoms. The largest absolute Gasteiger partial charge is 0.419 e. The van der Waals surface area contributed by atoms with Gasteiger partial charge in [-0.15, -0.1) is 0 Å². The number of pyridine rings is 1. The highest BCUT2D eigenvalue weighted by Crippen LogP contribution is 2.32. The van der Waals surface area contributed by atoms with Crippen LogP contribution < -0.4 is 5.32 Å². The van der Waals surface area contributed by atoms with Crippen molar-refractivity contribution in [3.63, 3.8) is 0 Å². The number of carbonyl (C=O) groups is 1. The molecular weight excluding hydrogens is 288 g/mol. The van der Waals surface area contributed by atoms with Gasteiger partial charge in [-0.25, -0.2) is 4.39 Å². The van der Waals surface area contributed by atoms with Crippen molar-refractivity contribution in [3.8, 4) is 0 Å². The number of aromatic nitrogens is 1. The zero-order chi connectivity index (χ0) is 15.6. The van der Waals surface area contributed by atoms with Gasteiger partial charge in [0, 0.05) is 11.8 Å². The summed E-state index contributed by atoms with van der Waals surface area (Å²) in [4.78, 5) is 15.9. The molecule has 0 fully saturated rings. The van der Waals surface area contributed by atoms with Crippen LogP contribution in [0.2, 0.25) is 0 Å². The molecule has 0 saturated carbocycles. The van der Waals surface area contributed by atoms with Gasteiger partial charge < -0.3 is 5.32 Å². The van der Waals surface area contributed by atoms with Crippen molar-refractivity contribution in [2.24, 2.45) is 0 Å². The van der Waals surface area contributed by atoms with Gasteiger partial charge in [-0.2, -0.15) is 13.2 Å². The average Bonchev–Trinajstić information content (AvgIpc) is 2.40. The lowest BCUT2D eigenvalue weighted by atomic mass is 10.1. The van der Waals surface area contributed by atoms with Gasteiger partial charge in [0.25, 0.3) is 5.91 Å². The average molecular weight is 298 g/mol. The number of nitrogens with zero attached hydrogens (tertiary/aromatic N) is 1. The maximum Gasteiger partial charge on any atom is 0.419 e. The molecule has 110 valence electrons. The quantitative estimate of drug-likeness (QED) is 0.857. The van der Waals surface area contributed by atoms with Crippen LogP contribution in [0.15, 0.2) is 36.5 Å². The van der Waals surface area contributed by atoms with Gasteiger partial charge in [0.15, 0.2) is 0 Å². The molecular formula is C14H10F4N2O. The fourth-order valence-electron chi connectivity index (χ4n) is 1.69. The van der Waals surface area contributed by atoms with Gasteiger partial charge in [0.05, 0.1) is 16.9 Å². The Morgan fingerprint density at radius 3 is 2.57 bits per heavy atom. The minimum Gasteiger partial charge on any atom is -0.320 e. The number of alkyl halides is 3. The lowest BCUT2D eigenvalue weighted by Gasteiger charge is -2.11. The van der Waals surface area contributed by atoms with Gasteiger partial charge >= 0.3 is 6.18 Å². The van der Waals surface area contributed by atoms with E-state index >= 15 is 0 Å². The molecule has 0 bridgehead atoms. The first-order valence-electron chi connectivity index (χ1n) is 5.89. The second-order valence-electron chi connectivity index (χ2n) is 4.28. The van der Waals surface area contributed by atoms with Crippen LogP contribution >= 0.6 is 0 Å². The van der Waals surface area contributed by atoms with Crippen molar-refractivity contribution in [2.75, 3.05) is 5.32 Å². The molecule has 0 unspecified atom stereocenters. The van der Waals surface area contributed by atoms with Gasteiger partial charge in [-0.1, -0.05) is 0 Å². The minimum atomic E-state index is -4.86. The standard InChI is InChI=1S/C14H10F4N2O/c1-8-12(3-2-6-19-8)20-13(21)9-4-5-11(15)10(7-9)14(16,17)18/h2-7H,1H3,(H,20,21). The molecule has 2 aromatic rings. The summed E-state index contributed by atoms with van der Waals surface area (Å²) in [6.07, 6.45) is -3.34. The van der Waals surface area contributed by atoms with Crippen molar-refractivity contribution < 1.29 is 22.4 Å². The molecule has 7 heteroatoms. The summed E-state index contributed by atoms with van der Waals surface area (Å²) in [6.45, 7) is 1.64. The number of halogens is 4. The first kappa shape index (κ1) is 15.0. The molecule has 0 aliphatic rings. The third kappa shape index (κ3) is 3.36. The lowest BCUT2D eigenvalue weighted by Crippen LogP contribution is -2.16. The molecule has 0 aliphatic carbocycles. The number of hydrogen-bond acceptors (Lipinski definition) is 2. The maximum atomic E-state index is 13.2. The van der Waals surface area contributed by atoms with Gasteiger partial charge in [-0.3, -0.25) is 9.78 Å². The van der Waals surface area contributed by atoms with Crippen LogP contribution in [0.5, 0.6) is 0 Å². The van der Waals surface area contributed by atoms with Crippen LogP contribution in [0.25, 0.3) is 0 Å². The Kier molecular flexibility index (Phi) is 3.93. The molecule has 3 nitrogen and oxygen atoms in total. The normalized spacial score (nSPS) is 11.3. The van der Waals surface area contributed by atoms with Crippen LogP contribution in [-0.2, 0) is 6.18 Å². The second-order valence-corrected chi connectivity index (χ2v) is 4.28. The van der Waals surface area contributed by atoms with Crippen molar-refractivity contribution >= 4 is 11.6 Å². The van der Waals surface area contributed by atoms with E-state index in [9.17, 15) is 22.4 Å². The highest BCUT2D eigenvalue weighted by Gasteiger charge is 2.34. The number of aryl methyl sites for hydroxylation is 1. The summed E-state index contributed by atoms with van der Waals surface area (Å²) in [7, 11) is 0. The molecule has 0 spiro atoms. The van der Waals surface area contributed by atoms with Crippen molar-refractivity contribution in [1.29, 1.82) is 0 Å². The maximum absolute atomic E-state index is 13.2. The Balaban J connectivity index is 2.31. The van der Waals surface area contributed by atoms with E-state index in [2.05, 4.69) is 10.3 Å². The lowest BCUT2D eigenvalue weighted by molar-refractivity contribution is -0.140. The second kappa shape index (κ2) is 5.51.